The van der Waals surface area contributed by atoms with Crippen molar-refractivity contribution in [3.63, 3.8) is 0 Å². The fourth-order valence-corrected chi connectivity index (χ4v) is 3.28. The molecule has 0 aromatic heterocycles. The van der Waals surface area contributed by atoms with Crippen molar-refractivity contribution in [3.05, 3.63) is 35.4 Å². The summed E-state index contributed by atoms with van der Waals surface area (Å²) >= 11 is 3.46. The molecule has 0 unspecified atom stereocenters. The van der Waals surface area contributed by atoms with Crippen LogP contribution in [0.3, 0.4) is 0 Å². The summed E-state index contributed by atoms with van der Waals surface area (Å²) in [7, 11) is 0. The van der Waals surface area contributed by atoms with E-state index in [9.17, 15) is 75.0 Å². The number of fused-ring (bicyclic) bond motifs is 1. The van der Waals surface area contributed by atoms with Crippen molar-refractivity contribution >= 4 is 17.5 Å². The number of carbonyl (C=O) groups excluding carboxylic acids is 1. The standard InChI is InChI=1S/C18H10ClF16NO/c19-18(34,35)17(32,33)16(30,31)15(28,29)14(26,27)13(24,25)12(22,23)11(20,21)10(37)36-6-5-8-3-1-2-4-9(8)7-36/h1-4H,5-7H2. The van der Waals surface area contributed by atoms with Crippen LogP contribution in [0.5, 0.6) is 0 Å². The van der Waals surface area contributed by atoms with Gasteiger partial charge in [-0.05, 0) is 29.1 Å². The average molecular weight is 596 g/mol. The lowest BCUT2D eigenvalue weighted by Gasteiger charge is -2.43. The van der Waals surface area contributed by atoms with Crippen LogP contribution in [-0.4, -0.2) is 64.2 Å². The molecule has 0 N–H and O–H groups in total. The van der Waals surface area contributed by atoms with E-state index in [1.807, 2.05) is 0 Å². The predicted molar refractivity (Wildman–Crippen MR) is 91.0 cm³/mol. The summed E-state index contributed by atoms with van der Waals surface area (Å²) < 4.78 is 217. The van der Waals surface area contributed by atoms with E-state index in [1.165, 1.54) is 18.2 Å². The Bertz CT molecular complexity index is 1030. The molecule has 0 saturated carbocycles. The van der Waals surface area contributed by atoms with E-state index in [2.05, 4.69) is 11.6 Å². The molecule has 0 aliphatic carbocycles. The molecule has 0 atom stereocenters. The molecule has 37 heavy (non-hydrogen) atoms. The van der Waals surface area contributed by atoms with Crippen LogP contribution in [0.4, 0.5) is 70.2 Å². The van der Waals surface area contributed by atoms with Gasteiger partial charge < -0.3 is 4.90 Å². The van der Waals surface area contributed by atoms with Crippen LogP contribution in [0.2, 0.25) is 0 Å². The van der Waals surface area contributed by atoms with Crippen molar-refractivity contribution in [1.29, 1.82) is 0 Å². The zero-order valence-corrected chi connectivity index (χ0v) is 18.0. The second kappa shape index (κ2) is 8.69. The molecule has 0 saturated heterocycles. The van der Waals surface area contributed by atoms with Crippen LogP contribution >= 0.6 is 11.6 Å². The van der Waals surface area contributed by atoms with E-state index in [0.29, 0.717) is 5.56 Å². The molecular weight excluding hydrogens is 586 g/mol. The number of nitrogens with zero attached hydrogens (tertiary/aromatic N) is 1. The molecular formula is C18H10ClF16NO. The smallest absolute Gasteiger partial charge is 0.333 e. The largest absolute Gasteiger partial charge is 0.393 e. The van der Waals surface area contributed by atoms with Gasteiger partial charge >= 0.3 is 46.8 Å². The van der Waals surface area contributed by atoms with Crippen LogP contribution in [-0.2, 0) is 17.8 Å². The van der Waals surface area contributed by atoms with Gasteiger partial charge in [-0.3, -0.25) is 4.79 Å². The van der Waals surface area contributed by atoms with Gasteiger partial charge in [0, 0.05) is 13.1 Å². The van der Waals surface area contributed by atoms with E-state index in [1.54, 1.807) is 0 Å². The van der Waals surface area contributed by atoms with E-state index in [0.717, 1.165) is 6.07 Å². The average Bonchev–Trinajstić information content (AvgIpc) is 2.76. The maximum atomic E-state index is 14.2. The number of carbonyl (C=O) groups is 1. The normalized spacial score (nSPS) is 17.1. The monoisotopic (exact) mass is 595 g/mol. The third-order valence-corrected chi connectivity index (χ3v) is 5.65. The van der Waals surface area contributed by atoms with Crippen LogP contribution in [0.1, 0.15) is 11.1 Å². The summed E-state index contributed by atoms with van der Waals surface area (Å²) in [4.78, 5) is 11.7. The first kappa shape index (κ1) is 31.1. The number of benzene rings is 1. The molecule has 1 aromatic carbocycles. The summed E-state index contributed by atoms with van der Waals surface area (Å²) in [6, 6.07) is 5.21. The summed E-state index contributed by atoms with van der Waals surface area (Å²) in [5, 5.41) is -6.85. The minimum atomic E-state index is -8.60. The van der Waals surface area contributed by atoms with Gasteiger partial charge in [0.1, 0.15) is 0 Å². The van der Waals surface area contributed by atoms with E-state index < -0.39 is 65.8 Å². The molecule has 0 bridgehead atoms. The van der Waals surface area contributed by atoms with Gasteiger partial charge in [0.05, 0.1) is 0 Å². The number of halogens is 17. The Hall–Kier alpha value is -2.14. The lowest BCUT2D eigenvalue weighted by atomic mass is 9.88. The second-order valence-corrected chi connectivity index (χ2v) is 8.24. The highest BCUT2D eigenvalue weighted by Crippen LogP contribution is 2.64. The van der Waals surface area contributed by atoms with Gasteiger partial charge in [0.25, 0.3) is 5.91 Å². The second-order valence-electron chi connectivity index (χ2n) is 7.76. The molecule has 0 fully saturated rings. The van der Waals surface area contributed by atoms with E-state index >= 15 is 0 Å². The lowest BCUT2D eigenvalue weighted by Crippen LogP contribution is -2.75. The third-order valence-electron chi connectivity index (χ3n) is 5.41. The maximum absolute atomic E-state index is 14.2. The molecule has 212 valence electrons. The lowest BCUT2D eigenvalue weighted by molar-refractivity contribution is -0.446. The number of rotatable bonds is 8. The first-order valence-corrected chi connectivity index (χ1v) is 9.69. The molecule has 19 heteroatoms. The molecule has 0 radical (unpaired) electrons. The zero-order chi connectivity index (χ0) is 29.3. The summed E-state index contributed by atoms with van der Waals surface area (Å²) in [5.74, 6) is -60.1. The maximum Gasteiger partial charge on any atom is 0.393 e. The Morgan fingerprint density at radius 3 is 1.43 bits per heavy atom. The first-order valence-electron chi connectivity index (χ1n) is 9.31. The fraction of sp³-hybridized carbons (Fsp3) is 0.611. The number of hydrogen-bond acceptors (Lipinski definition) is 1. The van der Waals surface area contributed by atoms with Gasteiger partial charge in [-0.25, -0.2) is 0 Å². The minimum Gasteiger partial charge on any atom is -0.333 e. The van der Waals surface area contributed by atoms with Gasteiger partial charge in [-0.15, -0.1) is 0 Å². The molecule has 0 spiro atoms. The van der Waals surface area contributed by atoms with Gasteiger partial charge in [0.15, 0.2) is 0 Å². The Labute approximate surface area is 200 Å². The highest BCUT2D eigenvalue weighted by atomic mass is 35.5. The van der Waals surface area contributed by atoms with Crippen molar-refractivity contribution < 1.29 is 75.0 Å². The Kier molecular flexibility index (Phi) is 7.30. The highest BCUT2D eigenvalue weighted by molar-refractivity contribution is 6.22. The summed E-state index contributed by atoms with van der Waals surface area (Å²) in [6.45, 7) is -1.90. The number of amides is 1. The van der Waals surface area contributed by atoms with Crippen LogP contribution in [0.25, 0.3) is 0 Å². The minimum absolute atomic E-state index is 0.00582. The summed E-state index contributed by atoms with van der Waals surface area (Å²) in [5.41, 5.74) is 0.353. The predicted octanol–water partition coefficient (Wildman–Crippen LogP) is 6.85. The van der Waals surface area contributed by atoms with Crippen LogP contribution < -0.4 is 0 Å². The fourth-order valence-electron chi connectivity index (χ4n) is 3.17. The van der Waals surface area contributed by atoms with Crippen molar-refractivity contribution in [3.8, 4) is 0 Å². The highest BCUT2D eigenvalue weighted by Gasteiger charge is 2.95. The Morgan fingerprint density at radius 2 is 1.00 bits per heavy atom. The van der Waals surface area contributed by atoms with Crippen molar-refractivity contribution in [2.45, 2.75) is 59.8 Å². The molecule has 1 aliphatic rings. The molecule has 2 nitrogen and oxygen atoms in total. The van der Waals surface area contributed by atoms with Gasteiger partial charge in [-0.1, -0.05) is 24.3 Å². The van der Waals surface area contributed by atoms with Gasteiger partial charge in [-0.2, -0.15) is 70.2 Å². The molecule has 1 aliphatic heterocycles. The van der Waals surface area contributed by atoms with Crippen molar-refractivity contribution in [2.75, 3.05) is 6.54 Å². The van der Waals surface area contributed by atoms with Crippen LogP contribution in [0.15, 0.2) is 24.3 Å². The van der Waals surface area contributed by atoms with Crippen LogP contribution in [0, 0.1) is 0 Å². The summed E-state index contributed by atoms with van der Waals surface area (Å²) in [6.07, 6.45) is -0.359. The van der Waals surface area contributed by atoms with Crippen molar-refractivity contribution in [1.82, 2.24) is 4.90 Å². The quantitative estimate of drug-likeness (QED) is 0.238. The molecule has 1 aromatic rings. The molecule has 2 rings (SSSR count). The first-order chi connectivity index (χ1) is 16.2. The third kappa shape index (κ3) is 4.16. The van der Waals surface area contributed by atoms with Crippen molar-refractivity contribution in [2.24, 2.45) is 0 Å². The topological polar surface area (TPSA) is 20.3 Å². The zero-order valence-electron chi connectivity index (χ0n) is 17.2. The van der Waals surface area contributed by atoms with E-state index in [-0.39, 0.29) is 16.9 Å². The Balaban J connectivity index is 2.52. The number of alkyl halides is 17. The van der Waals surface area contributed by atoms with E-state index in [4.69, 9.17) is 0 Å². The number of hydrogen-bond donors (Lipinski definition) is 0. The van der Waals surface area contributed by atoms with Gasteiger partial charge in [0.2, 0.25) is 0 Å². The molecule has 1 heterocycles. The molecule has 1 amide bonds. The Morgan fingerprint density at radius 1 is 0.622 bits per heavy atom. The SMILES string of the molecule is O=C(N1CCc2ccccc2C1)C(F)(F)C(F)(F)C(F)(F)C(F)(F)C(F)(F)C(F)(F)C(F)(F)C(F)(F)Cl.